The van der Waals surface area contributed by atoms with Gasteiger partial charge in [-0.15, -0.1) is 0 Å². The standard InChI is InChI=1S/C20H17N3O4/c1-23-16-9-5-8-15(20(16)26-12-19(23)25)21-18(24)11-14-10-17(27-22-14)13-6-3-2-4-7-13/h2-10H,11-12H2,1H3,(H,21,24). The molecule has 7 heteroatoms. The van der Waals surface area contributed by atoms with Crippen molar-refractivity contribution in [1.82, 2.24) is 5.16 Å². The molecule has 1 aromatic heterocycles. The van der Waals surface area contributed by atoms with Gasteiger partial charge in [0, 0.05) is 18.7 Å². The summed E-state index contributed by atoms with van der Waals surface area (Å²) in [5.74, 6) is 0.707. The number of benzene rings is 2. The average Bonchev–Trinajstić information content (AvgIpc) is 3.14. The Kier molecular flexibility index (Phi) is 4.33. The molecule has 1 aliphatic rings. The molecule has 1 N–H and O–H groups in total. The molecule has 0 atom stereocenters. The van der Waals surface area contributed by atoms with Gasteiger partial charge in [0.15, 0.2) is 18.1 Å². The minimum atomic E-state index is -0.250. The molecule has 2 heterocycles. The van der Waals surface area contributed by atoms with Crippen LogP contribution < -0.4 is 15.0 Å². The first-order valence-electron chi connectivity index (χ1n) is 8.45. The summed E-state index contributed by atoms with van der Waals surface area (Å²) in [6.07, 6.45) is 0.0643. The molecule has 0 saturated heterocycles. The van der Waals surface area contributed by atoms with Crippen LogP contribution >= 0.6 is 0 Å². The van der Waals surface area contributed by atoms with E-state index in [0.29, 0.717) is 28.6 Å². The minimum Gasteiger partial charge on any atom is -0.479 e. The number of amides is 2. The van der Waals surface area contributed by atoms with E-state index in [4.69, 9.17) is 9.26 Å². The van der Waals surface area contributed by atoms with Gasteiger partial charge in [0.2, 0.25) is 5.91 Å². The monoisotopic (exact) mass is 363 g/mol. The van der Waals surface area contributed by atoms with Gasteiger partial charge in [0.25, 0.3) is 5.91 Å². The first-order valence-corrected chi connectivity index (χ1v) is 8.45. The first-order chi connectivity index (χ1) is 13.1. The highest BCUT2D eigenvalue weighted by atomic mass is 16.5. The maximum absolute atomic E-state index is 12.4. The lowest BCUT2D eigenvalue weighted by Gasteiger charge is -2.27. The number of anilines is 2. The van der Waals surface area contributed by atoms with E-state index >= 15 is 0 Å². The number of para-hydroxylation sites is 1. The fraction of sp³-hybridized carbons (Fsp3) is 0.150. The Morgan fingerprint density at radius 3 is 2.81 bits per heavy atom. The quantitative estimate of drug-likeness (QED) is 0.770. The number of likely N-dealkylation sites (N-methyl/N-ethyl adjacent to an activating group) is 1. The molecule has 2 amide bonds. The summed E-state index contributed by atoms with van der Waals surface area (Å²) in [4.78, 5) is 25.7. The van der Waals surface area contributed by atoms with Crippen molar-refractivity contribution in [2.75, 3.05) is 23.9 Å². The topological polar surface area (TPSA) is 84.7 Å². The third-order valence-corrected chi connectivity index (χ3v) is 4.30. The average molecular weight is 363 g/mol. The van der Waals surface area contributed by atoms with Gasteiger partial charge in [-0.2, -0.15) is 0 Å². The normalized spacial score (nSPS) is 13.1. The third kappa shape index (κ3) is 3.39. The predicted octanol–water partition coefficient (Wildman–Crippen LogP) is 2.88. The highest BCUT2D eigenvalue weighted by molar-refractivity contribution is 6.01. The minimum absolute atomic E-state index is 0.0555. The van der Waals surface area contributed by atoms with Gasteiger partial charge in [0.05, 0.1) is 23.5 Å². The number of rotatable bonds is 4. The van der Waals surface area contributed by atoms with Crippen LogP contribution in [-0.4, -0.2) is 30.6 Å². The van der Waals surface area contributed by atoms with Crippen LogP contribution in [0.25, 0.3) is 11.3 Å². The van der Waals surface area contributed by atoms with E-state index in [9.17, 15) is 9.59 Å². The van der Waals surface area contributed by atoms with Gasteiger partial charge in [0.1, 0.15) is 0 Å². The van der Waals surface area contributed by atoms with E-state index in [-0.39, 0.29) is 24.8 Å². The molecular formula is C20H17N3O4. The van der Waals surface area contributed by atoms with Crippen molar-refractivity contribution in [3.8, 4) is 17.1 Å². The van der Waals surface area contributed by atoms with E-state index in [2.05, 4.69) is 10.5 Å². The lowest BCUT2D eigenvalue weighted by atomic mass is 10.1. The second-order valence-electron chi connectivity index (χ2n) is 6.17. The Hall–Kier alpha value is -3.61. The van der Waals surface area contributed by atoms with E-state index in [0.717, 1.165) is 5.56 Å². The number of fused-ring (bicyclic) bond motifs is 1. The van der Waals surface area contributed by atoms with E-state index in [1.165, 1.54) is 4.90 Å². The fourth-order valence-corrected chi connectivity index (χ4v) is 2.90. The molecule has 27 heavy (non-hydrogen) atoms. The predicted molar refractivity (Wildman–Crippen MR) is 99.6 cm³/mol. The fourth-order valence-electron chi connectivity index (χ4n) is 2.90. The zero-order chi connectivity index (χ0) is 18.8. The molecule has 136 valence electrons. The smallest absolute Gasteiger partial charge is 0.264 e. The maximum Gasteiger partial charge on any atom is 0.264 e. The number of nitrogens with zero attached hydrogens (tertiary/aromatic N) is 2. The Morgan fingerprint density at radius 2 is 2.00 bits per heavy atom. The lowest BCUT2D eigenvalue weighted by Crippen LogP contribution is -2.35. The molecule has 0 bridgehead atoms. The summed E-state index contributed by atoms with van der Waals surface area (Å²) in [5.41, 5.74) is 2.57. The number of ether oxygens (including phenoxy) is 1. The molecule has 3 aromatic rings. The maximum atomic E-state index is 12.4. The number of hydrogen-bond acceptors (Lipinski definition) is 5. The Bertz CT molecular complexity index is 997. The van der Waals surface area contributed by atoms with Crippen molar-refractivity contribution in [3.05, 3.63) is 60.3 Å². The molecule has 1 aliphatic heterocycles. The van der Waals surface area contributed by atoms with Gasteiger partial charge >= 0.3 is 0 Å². The lowest BCUT2D eigenvalue weighted by molar-refractivity contribution is -0.121. The zero-order valence-electron chi connectivity index (χ0n) is 14.6. The second-order valence-corrected chi connectivity index (χ2v) is 6.17. The SMILES string of the molecule is CN1C(=O)COc2c(NC(=O)Cc3cc(-c4ccccc4)on3)cccc21. The highest BCUT2D eigenvalue weighted by Gasteiger charge is 2.25. The molecule has 0 unspecified atom stereocenters. The van der Waals surface area contributed by atoms with Crippen LogP contribution in [0.15, 0.2) is 59.1 Å². The number of aromatic nitrogens is 1. The molecule has 0 spiro atoms. The number of hydrogen-bond donors (Lipinski definition) is 1. The van der Waals surface area contributed by atoms with Crippen LogP contribution in [0.1, 0.15) is 5.69 Å². The van der Waals surface area contributed by atoms with Crippen molar-refractivity contribution in [2.45, 2.75) is 6.42 Å². The van der Waals surface area contributed by atoms with Crippen molar-refractivity contribution < 1.29 is 18.8 Å². The van der Waals surface area contributed by atoms with Gasteiger partial charge < -0.3 is 19.5 Å². The largest absolute Gasteiger partial charge is 0.479 e. The molecule has 0 saturated carbocycles. The zero-order valence-corrected chi connectivity index (χ0v) is 14.6. The molecular weight excluding hydrogens is 346 g/mol. The number of carbonyl (C=O) groups excluding carboxylic acids is 2. The van der Waals surface area contributed by atoms with Gasteiger partial charge in [-0.05, 0) is 12.1 Å². The van der Waals surface area contributed by atoms with Crippen molar-refractivity contribution in [1.29, 1.82) is 0 Å². The first kappa shape index (κ1) is 16.8. The van der Waals surface area contributed by atoms with Crippen LogP contribution in [0.5, 0.6) is 5.75 Å². The van der Waals surface area contributed by atoms with Crippen LogP contribution in [0.3, 0.4) is 0 Å². The summed E-state index contributed by atoms with van der Waals surface area (Å²) in [6, 6.07) is 16.6. The Balaban J connectivity index is 1.48. The van der Waals surface area contributed by atoms with E-state index in [1.54, 1.807) is 31.3 Å². The molecule has 7 nitrogen and oxygen atoms in total. The third-order valence-electron chi connectivity index (χ3n) is 4.30. The summed E-state index contributed by atoms with van der Waals surface area (Å²) < 4.78 is 10.8. The molecule has 0 radical (unpaired) electrons. The van der Waals surface area contributed by atoms with Gasteiger partial charge in [-0.1, -0.05) is 41.6 Å². The highest BCUT2D eigenvalue weighted by Crippen LogP contribution is 2.38. The van der Waals surface area contributed by atoms with Crippen LogP contribution in [0.2, 0.25) is 0 Å². The van der Waals surface area contributed by atoms with Crippen molar-refractivity contribution in [2.24, 2.45) is 0 Å². The molecule has 0 aliphatic carbocycles. The van der Waals surface area contributed by atoms with Crippen LogP contribution in [-0.2, 0) is 16.0 Å². The van der Waals surface area contributed by atoms with Gasteiger partial charge in [-0.25, -0.2) is 0 Å². The summed E-state index contributed by atoms with van der Waals surface area (Å²) in [7, 11) is 1.68. The summed E-state index contributed by atoms with van der Waals surface area (Å²) in [5, 5.41) is 6.78. The second kappa shape index (κ2) is 6.95. The van der Waals surface area contributed by atoms with Gasteiger partial charge in [-0.3, -0.25) is 9.59 Å². The number of carbonyl (C=O) groups is 2. The van der Waals surface area contributed by atoms with Crippen molar-refractivity contribution in [3.63, 3.8) is 0 Å². The Labute approximate surface area is 155 Å². The summed E-state index contributed by atoms with van der Waals surface area (Å²) in [6.45, 7) is -0.0555. The van der Waals surface area contributed by atoms with Crippen molar-refractivity contribution >= 4 is 23.2 Å². The number of nitrogens with one attached hydrogen (secondary N) is 1. The van der Waals surface area contributed by atoms with Crippen LogP contribution in [0, 0.1) is 0 Å². The van der Waals surface area contributed by atoms with Crippen LogP contribution in [0.4, 0.5) is 11.4 Å². The van der Waals surface area contributed by atoms with E-state index in [1.807, 2.05) is 30.3 Å². The van der Waals surface area contributed by atoms with E-state index < -0.39 is 0 Å². The molecule has 2 aromatic carbocycles. The molecule has 0 fully saturated rings. The summed E-state index contributed by atoms with van der Waals surface area (Å²) >= 11 is 0. The Morgan fingerprint density at radius 1 is 1.19 bits per heavy atom. The molecule has 4 rings (SSSR count).